The summed E-state index contributed by atoms with van der Waals surface area (Å²) in [6, 6.07) is 2.03. The van der Waals surface area contributed by atoms with Gasteiger partial charge in [-0.3, -0.25) is 9.67 Å². The average Bonchev–Trinajstić information content (AvgIpc) is 2.90. The Bertz CT molecular complexity index is 742. The molecule has 3 aromatic heterocycles. The monoisotopic (exact) mass is 449 g/mol. The Labute approximate surface area is 201 Å². The van der Waals surface area contributed by atoms with Gasteiger partial charge in [-0.2, -0.15) is 5.10 Å². The van der Waals surface area contributed by atoms with Gasteiger partial charge in [0, 0.05) is 36.0 Å². The van der Waals surface area contributed by atoms with E-state index in [4.69, 9.17) is 0 Å². The van der Waals surface area contributed by atoms with Crippen molar-refractivity contribution in [1.29, 1.82) is 0 Å². The molecule has 3 rings (SSSR count). The number of aromatic nitrogens is 5. The molecule has 0 radical (unpaired) electrons. The second-order valence-electron chi connectivity index (χ2n) is 6.54. The Morgan fingerprint density at radius 1 is 0.594 bits per heavy atom. The fourth-order valence-electron chi connectivity index (χ4n) is 2.03. The van der Waals surface area contributed by atoms with Crippen LogP contribution in [0.15, 0.2) is 24.8 Å². The largest absolute Gasteiger partial charge is 0.273 e. The lowest BCUT2D eigenvalue weighted by Gasteiger charge is -1.99. The molecule has 188 valence electrons. The molecule has 3 aromatic rings. The molecule has 0 aliphatic heterocycles. The van der Waals surface area contributed by atoms with E-state index in [0.717, 1.165) is 17.1 Å². The van der Waals surface area contributed by atoms with Gasteiger partial charge in [-0.25, -0.2) is 9.97 Å². The summed E-state index contributed by atoms with van der Waals surface area (Å²) in [5.74, 6) is 0. The Morgan fingerprint density at radius 2 is 1.03 bits per heavy atom. The van der Waals surface area contributed by atoms with Crippen LogP contribution in [-0.4, -0.2) is 24.7 Å². The Hall–Kier alpha value is -2.56. The smallest absolute Gasteiger partial charge is 0.115 e. The highest BCUT2D eigenvalue weighted by Gasteiger charge is 1.95. The van der Waals surface area contributed by atoms with E-state index >= 15 is 0 Å². The topological polar surface area (TPSA) is 56.5 Å². The maximum atomic E-state index is 4.14. The van der Waals surface area contributed by atoms with Gasteiger partial charge in [-0.1, -0.05) is 44.6 Å². The molecular weight excluding hydrogens is 394 g/mol. The fourth-order valence-corrected chi connectivity index (χ4v) is 2.03. The molecule has 0 bridgehead atoms. The molecule has 0 N–H and O–H groups in total. The highest BCUT2D eigenvalue weighted by atomic mass is 15.3. The molecule has 0 saturated heterocycles. The summed E-state index contributed by atoms with van der Waals surface area (Å²) in [4.78, 5) is 12.2. The summed E-state index contributed by atoms with van der Waals surface area (Å²) < 4.78 is 1.87. The van der Waals surface area contributed by atoms with Crippen molar-refractivity contribution in [1.82, 2.24) is 24.7 Å². The number of nitrogens with zero attached hydrogens (tertiary/aromatic N) is 5. The van der Waals surface area contributed by atoms with Gasteiger partial charge in [-0.05, 0) is 83.7 Å². The Kier molecular flexibility index (Phi) is 27.6. The van der Waals surface area contributed by atoms with Gasteiger partial charge in [0.05, 0.1) is 6.20 Å². The van der Waals surface area contributed by atoms with Crippen LogP contribution in [0.2, 0.25) is 0 Å². The van der Waals surface area contributed by atoms with Crippen molar-refractivity contribution in [3.63, 3.8) is 0 Å². The minimum absolute atomic E-state index is 0. The first-order valence-corrected chi connectivity index (χ1v) is 8.74. The summed E-state index contributed by atoms with van der Waals surface area (Å²) in [7, 11) is 1.95. The van der Waals surface area contributed by atoms with Crippen LogP contribution in [0, 0.1) is 55.4 Å². The van der Waals surface area contributed by atoms with Gasteiger partial charge < -0.3 is 0 Å². The number of pyridine rings is 1. The fraction of sp³-hybridized carbons (Fsp3) is 0.556. The molecule has 3 heterocycles. The Balaban J connectivity index is -0.0000000725. The van der Waals surface area contributed by atoms with Crippen LogP contribution < -0.4 is 0 Å². The van der Waals surface area contributed by atoms with E-state index in [1.54, 1.807) is 6.33 Å². The molecule has 0 saturated carbocycles. The summed E-state index contributed by atoms with van der Waals surface area (Å²) in [6.45, 7) is 16.4. The average molecular weight is 450 g/mol. The zero-order chi connectivity index (χ0) is 19.9. The van der Waals surface area contributed by atoms with Crippen LogP contribution in [0.4, 0.5) is 0 Å². The van der Waals surface area contributed by atoms with Crippen LogP contribution >= 0.6 is 0 Å². The molecule has 0 fully saturated rings. The zero-order valence-electron chi connectivity index (χ0n) is 17.5. The number of hydrogen-bond acceptors (Lipinski definition) is 4. The molecule has 0 spiro atoms. The lowest BCUT2D eigenvalue weighted by molar-refractivity contribution is 0.739. The SMILES string of the molecule is C.C.C.C.C.C.Cc1ccnc(C)c1C.Cc1cnn(C)c1C.Cc1ncnc(C)c1C. The predicted octanol–water partition coefficient (Wildman–Crippen LogP) is 8.26. The third kappa shape index (κ3) is 13.0. The van der Waals surface area contributed by atoms with E-state index in [1.807, 2.05) is 57.9 Å². The number of hydrogen-bond donors (Lipinski definition) is 0. The molecular formula is C27H55N5. The second-order valence-corrected chi connectivity index (χ2v) is 6.54. The first kappa shape index (κ1) is 43.3. The summed E-state index contributed by atoms with van der Waals surface area (Å²) in [6.07, 6.45) is 5.31. The molecule has 0 aliphatic carbocycles. The normalized spacial score (nSPS) is 7.91. The number of rotatable bonds is 0. The van der Waals surface area contributed by atoms with Crippen LogP contribution in [0.5, 0.6) is 0 Å². The van der Waals surface area contributed by atoms with E-state index in [-0.39, 0.29) is 44.6 Å². The molecule has 5 heteroatoms. The summed E-state index contributed by atoms with van der Waals surface area (Å²) in [5, 5.41) is 4.03. The highest BCUT2D eigenvalue weighted by Crippen LogP contribution is 2.07. The van der Waals surface area contributed by atoms with Crippen molar-refractivity contribution < 1.29 is 0 Å². The van der Waals surface area contributed by atoms with Crippen molar-refractivity contribution in [2.75, 3.05) is 0 Å². The van der Waals surface area contributed by atoms with Crippen molar-refractivity contribution in [3.05, 3.63) is 69.8 Å². The number of aryl methyl sites for hydroxylation is 6. The van der Waals surface area contributed by atoms with E-state index in [9.17, 15) is 0 Å². The van der Waals surface area contributed by atoms with Gasteiger partial charge in [0.2, 0.25) is 0 Å². The third-order valence-electron chi connectivity index (χ3n) is 4.80. The first-order valence-electron chi connectivity index (χ1n) is 8.74. The van der Waals surface area contributed by atoms with Crippen LogP contribution in [0.3, 0.4) is 0 Å². The molecule has 0 atom stereocenters. The quantitative estimate of drug-likeness (QED) is 0.346. The maximum Gasteiger partial charge on any atom is 0.115 e. The molecule has 0 amide bonds. The zero-order valence-corrected chi connectivity index (χ0v) is 17.5. The van der Waals surface area contributed by atoms with E-state index in [0.29, 0.717) is 0 Å². The molecule has 0 aromatic carbocycles. The van der Waals surface area contributed by atoms with Crippen molar-refractivity contribution in [3.8, 4) is 0 Å². The van der Waals surface area contributed by atoms with E-state index < -0.39 is 0 Å². The van der Waals surface area contributed by atoms with Gasteiger partial charge >= 0.3 is 0 Å². The lowest BCUT2D eigenvalue weighted by Crippen LogP contribution is -1.92. The third-order valence-corrected chi connectivity index (χ3v) is 4.80. The van der Waals surface area contributed by atoms with Crippen molar-refractivity contribution >= 4 is 0 Å². The predicted molar refractivity (Wildman–Crippen MR) is 148 cm³/mol. The van der Waals surface area contributed by atoms with Gasteiger partial charge in [0.1, 0.15) is 6.33 Å². The van der Waals surface area contributed by atoms with Crippen LogP contribution in [-0.2, 0) is 7.05 Å². The maximum absolute atomic E-state index is 4.14. The lowest BCUT2D eigenvalue weighted by atomic mass is 10.1. The van der Waals surface area contributed by atoms with Crippen molar-refractivity contribution in [2.45, 2.75) is 99.9 Å². The minimum atomic E-state index is 0. The van der Waals surface area contributed by atoms with E-state index in [2.05, 4.69) is 47.7 Å². The van der Waals surface area contributed by atoms with Gasteiger partial charge in [0.25, 0.3) is 0 Å². The molecule has 0 unspecified atom stereocenters. The summed E-state index contributed by atoms with van der Waals surface area (Å²) in [5.41, 5.74) is 9.59. The minimum Gasteiger partial charge on any atom is -0.273 e. The van der Waals surface area contributed by atoms with Crippen LogP contribution in [0.25, 0.3) is 0 Å². The van der Waals surface area contributed by atoms with Crippen LogP contribution in [0.1, 0.15) is 89.6 Å². The molecule has 0 aliphatic rings. The van der Waals surface area contributed by atoms with Gasteiger partial charge in [-0.15, -0.1) is 0 Å². The van der Waals surface area contributed by atoms with Gasteiger partial charge in [0.15, 0.2) is 0 Å². The first-order chi connectivity index (χ1) is 12.1. The standard InChI is InChI=1S/C8H11N.C7H10N2.C6H10N2.6CH4/c1-6-4-5-9-8(3)7(6)2;1-5-6(2)8-4-9-7(5)3;1-5-4-7-8(3)6(5)2;;;;;;/h4-5H,1-3H3;4H,1-3H3;4H,1-3H3;6*1H4. The molecule has 32 heavy (non-hydrogen) atoms. The highest BCUT2D eigenvalue weighted by molar-refractivity contribution is 5.25. The Morgan fingerprint density at radius 3 is 1.28 bits per heavy atom. The van der Waals surface area contributed by atoms with E-state index in [1.165, 1.54) is 27.9 Å². The second kappa shape index (κ2) is 20.3. The van der Waals surface area contributed by atoms with Crippen molar-refractivity contribution in [2.24, 2.45) is 7.05 Å². The molecule has 5 nitrogen and oxygen atoms in total. The summed E-state index contributed by atoms with van der Waals surface area (Å²) >= 11 is 0.